The van der Waals surface area contributed by atoms with Crippen molar-refractivity contribution in [2.45, 2.75) is 52.2 Å². The number of likely N-dealkylation sites (N-methyl/N-ethyl adjacent to an activating group) is 1. The molecule has 2 rings (SSSR count). The van der Waals surface area contributed by atoms with Crippen molar-refractivity contribution >= 4 is 0 Å². The minimum Gasteiger partial charge on any atom is -0.496 e. The molecule has 1 saturated heterocycles. The van der Waals surface area contributed by atoms with Crippen LogP contribution in [0, 0.1) is 13.8 Å². The predicted molar refractivity (Wildman–Crippen MR) is 82.5 cm³/mol. The van der Waals surface area contributed by atoms with Crippen LogP contribution in [0.3, 0.4) is 0 Å². The van der Waals surface area contributed by atoms with Crippen LogP contribution in [0.2, 0.25) is 0 Å². The zero-order chi connectivity index (χ0) is 14.5. The van der Waals surface area contributed by atoms with Crippen molar-refractivity contribution < 1.29 is 9.47 Å². The zero-order valence-electron chi connectivity index (χ0n) is 13.2. The minimum atomic E-state index is 0.282. The van der Waals surface area contributed by atoms with Gasteiger partial charge in [-0.25, -0.2) is 0 Å². The van der Waals surface area contributed by atoms with Crippen LogP contribution in [0.25, 0.3) is 0 Å². The molecule has 1 aliphatic rings. The molecular formula is C17H27NO2. The Hall–Kier alpha value is -1.06. The van der Waals surface area contributed by atoms with Gasteiger partial charge in [0, 0.05) is 6.61 Å². The number of methoxy groups -OCH3 is 1. The second kappa shape index (κ2) is 7.09. The Morgan fingerprint density at radius 3 is 2.70 bits per heavy atom. The lowest BCUT2D eigenvalue weighted by Gasteiger charge is -2.32. The summed E-state index contributed by atoms with van der Waals surface area (Å²) in [5.74, 6) is 0.964. The lowest BCUT2D eigenvalue weighted by Crippen LogP contribution is -2.36. The molecule has 0 amide bonds. The summed E-state index contributed by atoms with van der Waals surface area (Å²) in [6.07, 6.45) is 3.88. The largest absolute Gasteiger partial charge is 0.496 e. The molecule has 1 aliphatic heterocycles. The fourth-order valence-electron chi connectivity index (χ4n) is 3.06. The first-order chi connectivity index (χ1) is 9.67. The number of hydrogen-bond acceptors (Lipinski definition) is 3. The van der Waals surface area contributed by atoms with E-state index in [1.165, 1.54) is 29.5 Å². The second-order valence-electron chi connectivity index (χ2n) is 5.62. The van der Waals surface area contributed by atoms with Crippen molar-refractivity contribution in [3.8, 4) is 5.75 Å². The molecule has 1 aromatic carbocycles. The van der Waals surface area contributed by atoms with E-state index in [9.17, 15) is 0 Å². The number of rotatable bonds is 5. The van der Waals surface area contributed by atoms with Crippen LogP contribution in [0.15, 0.2) is 12.1 Å². The van der Waals surface area contributed by atoms with E-state index >= 15 is 0 Å². The Morgan fingerprint density at radius 2 is 2.10 bits per heavy atom. The lowest BCUT2D eigenvalue weighted by molar-refractivity contribution is -0.00801. The number of ether oxygens (including phenoxy) is 2. The van der Waals surface area contributed by atoms with Gasteiger partial charge in [-0.2, -0.15) is 0 Å². The van der Waals surface area contributed by atoms with E-state index in [0.29, 0.717) is 0 Å². The minimum absolute atomic E-state index is 0.282. The fraction of sp³-hybridized carbons (Fsp3) is 0.647. The third-order valence-corrected chi connectivity index (χ3v) is 4.13. The van der Waals surface area contributed by atoms with Crippen LogP contribution in [0.1, 0.15) is 48.9 Å². The number of benzene rings is 1. The van der Waals surface area contributed by atoms with Crippen LogP contribution in [0.4, 0.5) is 0 Å². The Labute approximate surface area is 122 Å². The highest BCUT2D eigenvalue weighted by Gasteiger charge is 2.26. The summed E-state index contributed by atoms with van der Waals surface area (Å²) in [5, 5.41) is 3.61. The molecule has 1 aromatic rings. The molecule has 0 saturated carbocycles. The molecule has 3 heteroatoms. The van der Waals surface area contributed by atoms with E-state index in [0.717, 1.165) is 25.3 Å². The Morgan fingerprint density at radius 1 is 1.30 bits per heavy atom. The van der Waals surface area contributed by atoms with E-state index < -0.39 is 0 Å². The van der Waals surface area contributed by atoms with Crippen LogP contribution in [-0.2, 0) is 4.74 Å². The molecule has 2 atom stereocenters. The molecule has 112 valence electrons. The van der Waals surface area contributed by atoms with Crippen molar-refractivity contribution in [3.05, 3.63) is 28.8 Å². The van der Waals surface area contributed by atoms with Crippen LogP contribution >= 0.6 is 0 Å². The monoisotopic (exact) mass is 277 g/mol. The summed E-state index contributed by atoms with van der Waals surface area (Å²) in [5.41, 5.74) is 3.80. The molecular weight excluding hydrogens is 250 g/mol. The molecule has 3 nitrogen and oxygen atoms in total. The SMILES string of the molecule is CCNC(c1cc(C)c(OC)cc1C)C1CCCCO1. The van der Waals surface area contributed by atoms with Crippen molar-refractivity contribution in [2.75, 3.05) is 20.3 Å². The molecule has 1 heterocycles. The lowest BCUT2D eigenvalue weighted by atomic mass is 9.91. The van der Waals surface area contributed by atoms with Crippen molar-refractivity contribution in [1.29, 1.82) is 0 Å². The molecule has 20 heavy (non-hydrogen) atoms. The molecule has 2 unspecified atom stereocenters. The third kappa shape index (κ3) is 3.33. The van der Waals surface area contributed by atoms with Gasteiger partial charge >= 0.3 is 0 Å². The Bertz CT molecular complexity index is 439. The van der Waals surface area contributed by atoms with Gasteiger partial charge in [0.2, 0.25) is 0 Å². The topological polar surface area (TPSA) is 30.5 Å². The molecule has 0 aliphatic carbocycles. The van der Waals surface area contributed by atoms with E-state index in [2.05, 4.69) is 38.2 Å². The molecule has 1 N–H and O–H groups in total. The van der Waals surface area contributed by atoms with E-state index in [1.54, 1.807) is 7.11 Å². The van der Waals surface area contributed by atoms with E-state index in [-0.39, 0.29) is 12.1 Å². The van der Waals surface area contributed by atoms with Crippen molar-refractivity contribution in [3.63, 3.8) is 0 Å². The molecule has 0 radical (unpaired) electrons. The number of hydrogen-bond donors (Lipinski definition) is 1. The summed E-state index contributed by atoms with van der Waals surface area (Å²) in [6, 6.07) is 4.67. The molecule has 1 fully saturated rings. The van der Waals surface area contributed by atoms with Crippen LogP contribution in [0.5, 0.6) is 5.75 Å². The van der Waals surface area contributed by atoms with Gasteiger partial charge in [-0.05, 0) is 62.4 Å². The maximum atomic E-state index is 6.00. The van der Waals surface area contributed by atoms with E-state index in [4.69, 9.17) is 9.47 Å². The summed E-state index contributed by atoms with van der Waals surface area (Å²) in [7, 11) is 1.73. The standard InChI is InChI=1S/C17H27NO2/c1-5-18-17(15-8-6-7-9-20-15)14-10-13(3)16(19-4)11-12(14)2/h10-11,15,17-18H,5-9H2,1-4H3. The van der Waals surface area contributed by atoms with Gasteiger partial charge in [0.15, 0.2) is 0 Å². The highest BCUT2D eigenvalue weighted by Crippen LogP contribution is 2.32. The van der Waals surface area contributed by atoms with Crippen LogP contribution < -0.4 is 10.1 Å². The highest BCUT2D eigenvalue weighted by atomic mass is 16.5. The number of aryl methyl sites for hydroxylation is 2. The van der Waals surface area contributed by atoms with Gasteiger partial charge < -0.3 is 14.8 Å². The molecule has 0 aromatic heterocycles. The van der Waals surface area contributed by atoms with E-state index in [1.807, 2.05) is 0 Å². The first kappa shape index (κ1) is 15.3. The van der Waals surface area contributed by atoms with Crippen molar-refractivity contribution in [1.82, 2.24) is 5.32 Å². The van der Waals surface area contributed by atoms with Crippen LogP contribution in [-0.4, -0.2) is 26.4 Å². The predicted octanol–water partition coefficient (Wildman–Crippen LogP) is 3.53. The van der Waals surface area contributed by atoms with Gasteiger partial charge in [-0.15, -0.1) is 0 Å². The average Bonchev–Trinajstić information content (AvgIpc) is 2.48. The number of nitrogens with one attached hydrogen (secondary N) is 1. The maximum absolute atomic E-state index is 6.00. The normalized spacial score (nSPS) is 20.7. The average molecular weight is 277 g/mol. The van der Waals surface area contributed by atoms with Gasteiger partial charge in [0.1, 0.15) is 5.75 Å². The van der Waals surface area contributed by atoms with Gasteiger partial charge in [0.25, 0.3) is 0 Å². The first-order valence-corrected chi connectivity index (χ1v) is 7.67. The van der Waals surface area contributed by atoms with Crippen molar-refractivity contribution in [2.24, 2.45) is 0 Å². The quantitative estimate of drug-likeness (QED) is 0.893. The maximum Gasteiger partial charge on any atom is 0.122 e. The summed E-state index contributed by atoms with van der Waals surface area (Å²) in [4.78, 5) is 0. The Balaban J connectivity index is 2.30. The summed E-state index contributed by atoms with van der Waals surface area (Å²) in [6.45, 7) is 8.26. The summed E-state index contributed by atoms with van der Waals surface area (Å²) < 4.78 is 11.4. The second-order valence-corrected chi connectivity index (χ2v) is 5.62. The van der Waals surface area contributed by atoms with Gasteiger partial charge in [-0.3, -0.25) is 0 Å². The fourth-order valence-corrected chi connectivity index (χ4v) is 3.06. The Kier molecular flexibility index (Phi) is 5.44. The molecule has 0 spiro atoms. The zero-order valence-corrected chi connectivity index (χ0v) is 13.2. The first-order valence-electron chi connectivity index (χ1n) is 7.67. The smallest absolute Gasteiger partial charge is 0.122 e. The van der Waals surface area contributed by atoms with Gasteiger partial charge in [-0.1, -0.05) is 13.0 Å². The van der Waals surface area contributed by atoms with Gasteiger partial charge in [0.05, 0.1) is 19.3 Å². The molecule has 0 bridgehead atoms. The highest BCUT2D eigenvalue weighted by molar-refractivity contribution is 5.43. The third-order valence-electron chi connectivity index (χ3n) is 4.13. The summed E-state index contributed by atoms with van der Waals surface area (Å²) >= 11 is 0.